The van der Waals surface area contributed by atoms with Crippen LogP contribution in [0.5, 0.6) is 0 Å². The summed E-state index contributed by atoms with van der Waals surface area (Å²) in [5.41, 5.74) is 8.67. The Morgan fingerprint density at radius 2 is 2.12 bits per heavy atom. The van der Waals surface area contributed by atoms with Gasteiger partial charge in [-0.05, 0) is 24.1 Å². The lowest BCUT2D eigenvalue weighted by Gasteiger charge is -1.88. The first-order chi connectivity index (χ1) is 7.74. The number of rotatable bonds is 1. The Bertz CT molecular complexity index is 531. The second-order valence-electron chi connectivity index (χ2n) is 3.48. The van der Waals surface area contributed by atoms with Gasteiger partial charge in [-0.15, -0.1) is 0 Å². The second kappa shape index (κ2) is 4.07. The number of nitrogens with two attached hydrogens (primary N) is 1. The molecule has 2 N–H and O–H groups in total. The van der Waals surface area contributed by atoms with Crippen molar-refractivity contribution in [3.05, 3.63) is 36.0 Å². The molecule has 4 heteroatoms. The third kappa shape index (κ3) is 2.04. The minimum absolute atomic E-state index is 0.310. The second-order valence-corrected chi connectivity index (χ2v) is 3.48. The topological polar surface area (TPSA) is 67.6 Å². The Kier molecular flexibility index (Phi) is 2.61. The average Bonchev–Trinajstić information content (AvgIpc) is 2.75. The van der Waals surface area contributed by atoms with Crippen molar-refractivity contribution in [3.8, 4) is 17.2 Å². The van der Waals surface area contributed by atoms with Gasteiger partial charge in [-0.3, -0.25) is 4.68 Å². The molecule has 0 aliphatic heterocycles. The smallest absolute Gasteiger partial charge is 0.163 e. The van der Waals surface area contributed by atoms with Gasteiger partial charge in [0, 0.05) is 12.7 Å². The van der Waals surface area contributed by atoms with E-state index in [1.165, 1.54) is 11.1 Å². The van der Waals surface area contributed by atoms with Crippen LogP contribution in [0.4, 0.5) is 5.82 Å². The molecule has 0 saturated carbocycles. The van der Waals surface area contributed by atoms with Crippen LogP contribution < -0.4 is 5.73 Å². The molecule has 2 aliphatic carbocycles. The largest absolute Gasteiger partial charge is 0.381 e. The van der Waals surface area contributed by atoms with Gasteiger partial charge in [-0.1, -0.05) is 18.2 Å². The fraction of sp³-hybridized carbons (Fsp3) is 0.167. The van der Waals surface area contributed by atoms with Crippen molar-refractivity contribution in [2.24, 2.45) is 0 Å². The van der Waals surface area contributed by atoms with E-state index in [4.69, 9.17) is 11.0 Å². The maximum Gasteiger partial charge on any atom is 0.163 e. The summed E-state index contributed by atoms with van der Waals surface area (Å²) in [6.45, 7) is 2.68. The summed E-state index contributed by atoms with van der Waals surface area (Å²) >= 11 is 0. The standard InChI is InChI=1S/C6H8N4.C6H4/c1-2-10-4-5(3-7)6(8)9-10;1-2-5-4-6(5)3-1/h4H,2H2,1H3,(H2,8,9);1-4H. The zero-order chi connectivity index (χ0) is 11.5. The summed E-state index contributed by atoms with van der Waals surface area (Å²) in [5.74, 6) is 0.310. The van der Waals surface area contributed by atoms with Crippen molar-refractivity contribution in [1.82, 2.24) is 9.78 Å². The Balaban J connectivity index is 0.000000134. The minimum Gasteiger partial charge on any atom is -0.381 e. The molecule has 0 aromatic carbocycles. The third-order valence-electron chi connectivity index (χ3n) is 2.35. The van der Waals surface area contributed by atoms with Crippen molar-refractivity contribution in [2.75, 3.05) is 5.73 Å². The number of hydrogen-bond donors (Lipinski definition) is 1. The van der Waals surface area contributed by atoms with Gasteiger partial charge in [0.05, 0.1) is 0 Å². The summed E-state index contributed by atoms with van der Waals surface area (Å²) in [6, 6.07) is 10.4. The normalized spacial score (nSPS) is 10.0. The molecule has 1 aromatic rings. The molecule has 0 radical (unpaired) electrons. The van der Waals surface area contributed by atoms with Crippen LogP contribution in [0.1, 0.15) is 12.5 Å². The quantitative estimate of drug-likeness (QED) is 0.671. The summed E-state index contributed by atoms with van der Waals surface area (Å²) in [4.78, 5) is 0. The van der Waals surface area contributed by atoms with Crippen molar-refractivity contribution >= 4 is 5.82 Å². The highest BCUT2D eigenvalue weighted by atomic mass is 15.3. The molecule has 80 valence electrons. The molecular formula is C12H12N4. The average molecular weight is 212 g/mol. The molecule has 4 nitrogen and oxygen atoms in total. The van der Waals surface area contributed by atoms with Crippen LogP contribution in [0.2, 0.25) is 0 Å². The minimum atomic E-state index is 0.310. The lowest BCUT2D eigenvalue weighted by Crippen LogP contribution is -1.95. The van der Waals surface area contributed by atoms with Crippen molar-refractivity contribution in [1.29, 1.82) is 5.26 Å². The molecule has 0 unspecified atom stereocenters. The van der Waals surface area contributed by atoms with Crippen LogP contribution in [0.15, 0.2) is 30.5 Å². The Morgan fingerprint density at radius 1 is 1.44 bits per heavy atom. The number of aryl methyl sites for hydroxylation is 1. The number of nitrogen functional groups attached to an aromatic ring is 1. The molecule has 0 atom stereocenters. The lowest BCUT2D eigenvalue weighted by atomic mass is 10.4. The summed E-state index contributed by atoms with van der Waals surface area (Å²) in [6.07, 6.45) is 1.63. The van der Waals surface area contributed by atoms with E-state index in [9.17, 15) is 0 Å². The van der Waals surface area contributed by atoms with Crippen LogP contribution >= 0.6 is 0 Å². The fourth-order valence-electron chi connectivity index (χ4n) is 1.36. The van der Waals surface area contributed by atoms with E-state index in [2.05, 4.69) is 29.4 Å². The van der Waals surface area contributed by atoms with Gasteiger partial charge in [0.25, 0.3) is 0 Å². The van der Waals surface area contributed by atoms with E-state index in [1.807, 2.05) is 13.0 Å². The first kappa shape index (κ1) is 10.2. The highest BCUT2D eigenvalue weighted by molar-refractivity contribution is 5.80. The zero-order valence-corrected chi connectivity index (χ0v) is 9.01. The van der Waals surface area contributed by atoms with Crippen LogP contribution in [-0.2, 0) is 6.54 Å². The van der Waals surface area contributed by atoms with Gasteiger partial charge in [-0.25, -0.2) is 0 Å². The molecule has 0 saturated heterocycles. The molecule has 0 fully saturated rings. The van der Waals surface area contributed by atoms with E-state index in [1.54, 1.807) is 10.9 Å². The van der Waals surface area contributed by atoms with Crippen molar-refractivity contribution in [3.63, 3.8) is 0 Å². The van der Waals surface area contributed by atoms with Crippen LogP contribution in [-0.4, -0.2) is 9.78 Å². The Morgan fingerprint density at radius 3 is 2.38 bits per heavy atom. The van der Waals surface area contributed by atoms with Gasteiger partial charge in [-0.2, -0.15) is 10.4 Å². The summed E-state index contributed by atoms with van der Waals surface area (Å²) < 4.78 is 1.63. The van der Waals surface area contributed by atoms with E-state index in [0.717, 1.165) is 6.54 Å². The molecule has 1 aromatic heterocycles. The van der Waals surface area contributed by atoms with Gasteiger partial charge in [0.2, 0.25) is 0 Å². The summed E-state index contributed by atoms with van der Waals surface area (Å²) in [7, 11) is 0. The molecule has 0 bridgehead atoms. The van der Waals surface area contributed by atoms with Crippen LogP contribution in [0, 0.1) is 11.3 Å². The summed E-state index contributed by atoms with van der Waals surface area (Å²) in [5, 5.41) is 12.3. The number of benzene rings is 1. The number of anilines is 1. The highest BCUT2D eigenvalue weighted by Crippen LogP contribution is 2.32. The maximum absolute atomic E-state index is 8.44. The number of aromatic nitrogens is 2. The van der Waals surface area contributed by atoms with Crippen molar-refractivity contribution in [2.45, 2.75) is 13.5 Å². The SMILES string of the molecule is CCn1cc(C#N)c(N)n1.c1cc2cc-2c1. The molecule has 1 heterocycles. The number of nitrogens with zero attached hydrogens (tertiary/aromatic N) is 3. The number of fused-ring (bicyclic) bond motifs is 1. The first-order valence-corrected chi connectivity index (χ1v) is 5.08. The first-order valence-electron chi connectivity index (χ1n) is 5.08. The molecule has 2 aliphatic rings. The highest BCUT2D eigenvalue weighted by Gasteiger charge is 2.07. The van der Waals surface area contributed by atoms with Crippen LogP contribution in [0.3, 0.4) is 0 Å². The Labute approximate surface area is 93.9 Å². The zero-order valence-electron chi connectivity index (χ0n) is 9.01. The van der Waals surface area contributed by atoms with E-state index in [0.29, 0.717) is 11.4 Å². The predicted octanol–water partition coefficient (Wildman–Crippen LogP) is 2.02. The van der Waals surface area contributed by atoms with Gasteiger partial charge < -0.3 is 5.73 Å². The molecule has 0 spiro atoms. The van der Waals surface area contributed by atoms with Crippen molar-refractivity contribution < 1.29 is 0 Å². The monoisotopic (exact) mass is 212 g/mol. The van der Waals surface area contributed by atoms with E-state index < -0.39 is 0 Å². The Hall–Kier alpha value is -2.28. The number of hydrogen-bond acceptors (Lipinski definition) is 3. The number of nitriles is 1. The molecule has 0 amide bonds. The molecular weight excluding hydrogens is 200 g/mol. The van der Waals surface area contributed by atoms with Gasteiger partial charge in [0.15, 0.2) is 5.82 Å². The van der Waals surface area contributed by atoms with E-state index in [-0.39, 0.29) is 0 Å². The third-order valence-corrected chi connectivity index (χ3v) is 2.35. The predicted molar refractivity (Wildman–Crippen MR) is 62.5 cm³/mol. The van der Waals surface area contributed by atoms with E-state index >= 15 is 0 Å². The van der Waals surface area contributed by atoms with Gasteiger partial charge in [0.1, 0.15) is 11.6 Å². The van der Waals surface area contributed by atoms with Crippen LogP contribution in [0.25, 0.3) is 11.1 Å². The maximum atomic E-state index is 8.44. The molecule has 3 rings (SSSR count). The molecule has 16 heavy (non-hydrogen) atoms. The lowest BCUT2D eigenvalue weighted by molar-refractivity contribution is 0.663. The fourth-order valence-corrected chi connectivity index (χ4v) is 1.36. The van der Waals surface area contributed by atoms with Gasteiger partial charge >= 0.3 is 0 Å².